The molecule has 0 fully saturated rings. The van der Waals surface area contributed by atoms with Crippen molar-refractivity contribution in [2.75, 3.05) is 36.4 Å². The normalized spacial score (nSPS) is 11.0. The van der Waals surface area contributed by atoms with Crippen LogP contribution in [0.25, 0.3) is 0 Å². The average Bonchev–Trinajstić information content (AvgIpc) is 2.72. The molecule has 0 amide bonds. The number of nitrogens with zero attached hydrogens (tertiary/aromatic N) is 1. The molecule has 0 saturated heterocycles. The average molecular weight is 431 g/mol. The van der Waals surface area contributed by atoms with E-state index in [4.69, 9.17) is 27.9 Å². The molecule has 0 atom stereocenters. The molecule has 1 rings (SSSR count). The van der Waals surface area contributed by atoms with Crippen LogP contribution in [0, 0.1) is 0 Å². The monoisotopic (exact) mass is 429 g/mol. The topological polar surface area (TPSA) is 12.5 Å². The molecule has 4 heteroatoms. The Balaban J connectivity index is 2.01. The SMILES string of the molecule is CCCCCCCCCCCCCCOc1ccc(N(CCCl)CCCl)cc1. The smallest absolute Gasteiger partial charge is 0.119 e. The van der Waals surface area contributed by atoms with Crippen LogP contribution in [0.4, 0.5) is 5.69 Å². The molecule has 0 radical (unpaired) electrons. The second-order valence-corrected chi connectivity index (χ2v) is 8.35. The summed E-state index contributed by atoms with van der Waals surface area (Å²) in [5.74, 6) is 2.16. The second kappa shape index (κ2) is 18.4. The largest absolute Gasteiger partial charge is 0.494 e. The van der Waals surface area contributed by atoms with E-state index in [-0.39, 0.29) is 0 Å². The van der Waals surface area contributed by atoms with E-state index in [1.807, 2.05) is 12.1 Å². The predicted octanol–water partition coefficient (Wildman–Crippen LogP) is 8.05. The van der Waals surface area contributed by atoms with Gasteiger partial charge in [-0.15, -0.1) is 23.2 Å². The van der Waals surface area contributed by atoms with Gasteiger partial charge in [0.15, 0.2) is 0 Å². The molecule has 162 valence electrons. The zero-order valence-corrected chi connectivity index (χ0v) is 19.5. The number of anilines is 1. The number of unbranched alkanes of at least 4 members (excludes halogenated alkanes) is 11. The van der Waals surface area contributed by atoms with Crippen molar-refractivity contribution in [2.24, 2.45) is 0 Å². The van der Waals surface area contributed by atoms with Gasteiger partial charge >= 0.3 is 0 Å². The highest BCUT2D eigenvalue weighted by atomic mass is 35.5. The highest BCUT2D eigenvalue weighted by molar-refractivity contribution is 6.18. The van der Waals surface area contributed by atoms with Gasteiger partial charge in [-0.05, 0) is 30.7 Å². The molecular weight excluding hydrogens is 389 g/mol. The Hall–Kier alpha value is -0.600. The summed E-state index contributed by atoms with van der Waals surface area (Å²) in [5.41, 5.74) is 1.15. The maximum Gasteiger partial charge on any atom is 0.119 e. The Morgan fingerprint density at radius 1 is 0.679 bits per heavy atom. The van der Waals surface area contributed by atoms with Gasteiger partial charge in [-0.25, -0.2) is 0 Å². The van der Waals surface area contributed by atoms with E-state index in [0.717, 1.165) is 37.6 Å². The van der Waals surface area contributed by atoms with Crippen LogP contribution in [0.5, 0.6) is 5.75 Å². The highest BCUT2D eigenvalue weighted by Gasteiger charge is 2.05. The van der Waals surface area contributed by atoms with Crippen molar-refractivity contribution in [3.05, 3.63) is 24.3 Å². The predicted molar refractivity (Wildman–Crippen MR) is 127 cm³/mol. The Labute approximate surface area is 183 Å². The molecule has 0 saturated carbocycles. The summed E-state index contributed by atoms with van der Waals surface area (Å²) in [5, 5.41) is 0. The maximum absolute atomic E-state index is 5.88. The summed E-state index contributed by atoms with van der Waals surface area (Å²) in [4.78, 5) is 2.20. The molecule has 28 heavy (non-hydrogen) atoms. The molecule has 0 aliphatic carbocycles. The molecule has 0 heterocycles. The number of rotatable bonds is 19. The van der Waals surface area contributed by atoms with Gasteiger partial charge < -0.3 is 9.64 Å². The van der Waals surface area contributed by atoms with Crippen molar-refractivity contribution >= 4 is 28.9 Å². The van der Waals surface area contributed by atoms with Gasteiger partial charge in [0.25, 0.3) is 0 Å². The maximum atomic E-state index is 5.88. The fourth-order valence-corrected chi connectivity index (χ4v) is 3.87. The Morgan fingerprint density at radius 2 is 1.14 bits per heavy atom. The first-order chi connectivity index (χ1) is 13.8. The van der Waals surface area contributed by atoms with Crippen molar-refractivity contribution in [1.29, 1.82) is 0 Å². The van der Waals surface area contributed by atoms with Crippen molar-refractivity contribution in [2.45, 2.75) is 84.0 Å². The zero-order valence-electron chi connectivity index (χ0n) is 17.9. The van der Waals surface area contributed by atoms with Gasteiger partial charge in [0.1, 0.15) is 5.75 Å². The van der Waals surface area contributed by atoms with Crippen LogP contribution in [0.15, 0.2) is 24.3 Å². The quantitative estimate of drug-likeness (QED) is 0.163. The fourth-order valence-electron chi connectivity index (χ4n) is 3.46. The van der Waals surface area contributed by atoms with E-state index < -0.39 is 0 Å². The second-order valence-electron chi connectivity index (χ2n) is 7.60. The molecule has 0 unspecified atom stereocenters. The van der Waals surface area contributed by atoms with E-state index in [1.54, 1.807) is 0 Å². The molecule has 0 aliphatic rings. The summed E-state index contributed by atoms with van der Waals surface area (Å²) in [6.07, 6.45) is 16.4. The van der Waals surface area contributed by atoms with Crippen LogP contribution in [-0.4, -0.2) is 31.5 Å². The van der Waals surface area contributed by atoms with Gasteiger partial charge in [0.2, 0.25) is 0 Å². The number of ether oxygens (including phenoxy) is 1. The number of hydrogen-bond donors (Lipinski definition) is 0. The van der Waals surface area contributed by atoms with E-state index in [0.29, 0.717) is 11.8 Å². The van der Waals surface area contributed by atoms with Crippen LogP contribution in [0.3, 0.4) is 0 Å². The van der Waals surface area contributed by atoms with Crippen molar-refractivity contribution in [3.63, 3.8) is 0 Å². The minimum atomic E-state index is 0.605. The lowest BCUT2D eigenvalue weighted by molar-refractivity contribution is 0.304. The van der Waals surface area contributed by atoms with Crippen LogP contribution >= 0.6 is 23.2 Å². The first-order valence-electron chi connectivity index (χ1n) is 11.4. The molecule has 2 nitrogen and oxygen atoms in total. The van der Waals surface area contributed by atoms with Gasteiger partial charge in [-0.1, -0.05) is 77.6 Å². The lowest BCUT2D eigenvalue weighted by Gasteiger charge is -2.23. The third-order valence-corrected chi connectivity index (χ3v) is 5.52. The zero-order chi connectivity index (χ0) is 20.3. The summed E-state index contributed by atoms with van der Waals surface area (Å²) >= 11 is 11.7. The summed E-state index contributed by atoms with van der Waals surface area (Å²) in [6, 6.07) is 8.28. The number of halogens is 2. The number of hydrogen-bond acceptors (Lipinski definition) is 2. The molecule has 0 bridgehead atoms. The van der Waals surface area contributed by atoms with Gasteiger partial charge in [-0.2, -0.15) is 0 Å². The number of alkyl halides is 2. The van der Waals surface area contributed by atoms with Crippen LogP contribution < -0.4 is 9.64 Å². The third-order valence-electron chi connectivity index (χ3n) is 5.18. The Bertz CT molecular complexity index is 446. The van der Waals surface area contributed by atoms with Crippen LogP contribution in [0.1, 0.15) is 84.0 Å². The van der Waals surface area contributed by atoms with E-state index in [1.165, 1.54) is 70.6 Å². The lowest BCUT2D eigenvalue weighted by Crippen LogP contribution is -2.27. The summed E-state index contributed by atoms with van der Waals surface area (Å²) in [7, 11) is 0. The molecule has 0 aliphatic heterocycles. The van der Waals surface area contributed by atoms with Gasteiger partial charge in [0, 0.05) is 30.5 Å². The third kappa shape index (κ3) is 12.8. The molecular formula is C24H41Cl2NO. The first kappa shape index (κ1) is 25.4. The van der Waals surface area contributed by atoms with Crippen molar-refractivity contribution < 1.29 is 4.74 Å². The number of benzene rings is 1. The molecule has 1 aromatic carbocycles. The standard InChI is InChI=1S/C24H41Cl2NO/c1-2-3-4-5-6-7-8-9-10-11-12-13-22-28-24-16-14-23(15-17-24)27(20-18-25)21-19-26/h14-17H,2-13,18-22H2,1H3. The van der Waals surface area contributed by atoms with Gasteiger partial charge in [0.05, 0.1) is 6.61 Å². The summed E-state index contributed by atoms with van der Waals surface area (Å²) < 4.78 is 5.88. The van der Waals surface area contributed by atoms with Crippen LogP contribution in [0.2, 0.25) is 0 Å². The highest BCUT2D eigenvalue weighted by Crippen LogP contribution is 2.20. The fraction of sp³-hybridized carbons (Fsp3) is 0.750. The minimum absolute atomic E-state index is 0.605. The summed E-state index contributed by atoms with van der Waals surface area (Å²) in [6.45, 7) is 4.71. The van der Waals surface area contributed by atoms with Crippen molar-refractivity contribution in [3.8, 4) is 5.75 Å². The van der Waals surface area contributed by atoms with E-state index >= 15 is 0 Å². The van der Waals surface area contributed by atoms with Crippen molar-refractivity contribution in [1.82, 2.24) is 0 Å². The molecule has 0 aromatic heterocycles. The lowest BCUT2D eigenvalue weighted by atomic mass is 10.1. The molecule has 0 spiro atoms. The Kier molecular flexibility index (Phi) is 16.7. The van der Waals surface area contributed by atoms with Gasteiger partial charge in [-0.3, -0.25) is 0 Å². The van der Waals surface area contributed by atoms with Crippen LogP contribution in [-0.2, 0) is 0 Å². The first-order valence-corrected chi connectivity index (χ1v) is 12.5. The minimum Gasteiger partial charge on any atom is -0.494 e. The van der Waals surface area contributed by atoms with E-state index in [2.05, 4.69) is 24.0 Å². The Morgan fingerprint density at radius 3 is 1.61 bits per heavy atom. The molecule has 1 aromatic rings. The van der Waals surface area contributed by atoms with E-state index in [9.17, 15) is 0 Å². The molecule has 0 N–H and O–H groups in total.